The molecule has 0 fully saturated rings. The highest BCUT2D eigenvalue weighted by Gasteiger charge is 2.04. The van der Waals surface area contributed by atoms with E-state index >= 15 is 0 Å². The standard InChI is InChI=1S/C9H16O3/c1-3-4-5-6-7-12-9(11)8(2)10/h10H,2-7H2,1H3. The summed E-state index contributed by atoms with van der Waals surface area (Å²) in [6.07, 6.45) is 4.22. The van der Waals surface area contributed by atoms with Gasteiger partial charge in [0, 0.05) is 0 Å². The van der Waals surface area contributed by atoms with Gasteiger partial charge in [0.05, 0.1) is 6.61 Å². The van der Waals surface area contributed by atoms with Gasteiger partial charge in [0.15, 0.2) is 5.76 Å². The highest BCUT2D eigenvalue weighted by molar-refractivity contribution is 5.84. The lowest BCUT2D eigenvalue weighted by Crippen LogP contribution is -2.07. The van der Waals surface area contributed by atoms with Gasteiger partial charge in [-0.15, -0.1) is 0 Å². The van der Waals surface area contributed by atoms with E-state index in [1.807, 2.05) is 0 Å². The van der Waals surface area contributed by atoms with E-state index in [0.29, 0.717) is 6.61 Å². The van der Waals surface area contributed by atoms with Gasteiger partial charge in [-0.2, -0.15) is 0 Å². The number of esters is 1. The Morgan fingerprint density at radius 1 is 1.42 bits per heavy atom. The summed E-state index contributed by atoms with van der Waals surface area (Å²) in [7, 11) is 0. The number of aliphatic hydroxyl groups excluding tert-OH is 1. The fraction of sp³-hybridized carbons (Fsp3) is 0.667. The van der Waals surface area contributed by atoms with Crippen molar-refractivity contribution in [1.82, 2.24) is 0 Å². The minimum absolute atomic E-state index is 0.373. The van der Waals surface area contributed by atoms with Crippen LogP contribution in [0.1, 0.15) is 32.6 Å². The molecular weight excluding hydrogens is 156 g/mol. The molecule has 3 nitrogen and oxygen atoms in total. The topological polar surface area (TPSA) is 46.5 Å². The molecule has 0 aromatic carbocycles. The Kier molecular flexibility index (Phi) is 6.15. The summed E-state index contributed by atoms with van der Waals surface area (Å²) < 4.78 is 4.66. The number of ether oxygens (including phenoxy) is 1. The van der Waals surface area contributed by atoms with Gasteiger partial charge < -0.3 is 9.84 Å². The minimum Gasteiger partial charge on any atom is -0.502 e. The fourth-order valence-electron chi connectivity index (χ4n) is 0.777. The quantitative estimate of drug-likeness (QED) is 0.289. The maximum Gasteiger partial charge on any atom is 0.372 e. The first-order valence-electron chi connectivity index (χ1n) is 4.23. The molecule has 0 heterocycles. The highest BCUT2D eigenvalue weighted by Crippen LogP contribution is 1.99. The second-order valence-corrected chi connectivity index (χ2v) is 2.64. The molecule has 1 N–H and O–H groups in total. The van der Waals surface area contributed by atoms with E-state index in [0.717, 1.165) is 25.7 Å². The van der Waals surface area contributed by atoms with Crippen LogP contribution >= 0.6 is 0 Å². The third-order valence-corrected chi connectivity index (χ3v) is 1.47. The van der Waals surface area contributed by atoms with Gasteiger partial charge in [-0.3, -0.25) is 0 Å². The normalized spacial score (nSPS) is 9.42. The summed E-state index contributed by atoms with van der Waals surface area (Å²) in [5.74, 6) is -1.24. The van der Waals surface area contributed by atoms with Gasteiger partial charge >= 0.3 is 5.97 Å². The second-order valence-electron chi connectivity index (χ2n) is 2.64. The van der Waals surface area contributed by atoms with Gasteiger partial charge in [0.25, 0.3) is 0 Å². The largest absolute Gasteiger partial charge is 0.502 e. The van der Waals surface area contributed by atoms with Crippen molar-refractivity contribution in [3.05, 3.63) is 12.3 Å². The van der Waals surface area contributed by atoms with Crippen molar-refractivity contribution in [2.24, 2.45) is 0 Å². The molecule has 0 aliphatic heterocycles. The van der Waals surface area contributed by atoms with E-state index in [1.165, 1.54) is 0 Å². The van der Waals surface area contributed by atoms with Gasteiger partial charge in [-0.05, 0) is 13.0 Å². The molecule has 0 atom stereocenters. The Labute approximate surface area is 73.0 Å². The van der Waals surface area contributed by atoms with Gasteiger partial charge in [-0.1, -0.05) is 26.2 Å². The molecule has 0 radical (unpaired) electrons. The number of unbranched alkanes of at least 4 members (excludes halogenated alkanes) is 3. The number of aliphatic hydroxyl groups is 1. The van der Waals surface area contributed by atoms with Crippen LogP contribution in [0.5, 0.6) is 0 Å². The molecule has 0 amide bonds. The molecule has 0 spiro atoms. The zero-order valence-electron chi connectivity index (χ0n) is 7.51. The molecule has 70 valence electrons. The molecule has 0 unspecified atom stereocenters. The molecule has 0 bridgehead atoms. The number of carbonyl (C=O) groups excluding carboxylic acids is 1. The summed E-state index contributed by atoms with van der Waals surface area (Å²) in [5, 5.41) is 8.55. The fourth-order valence-corrected chi connectivity index (χ4v) is 0.777. The average molecular weight is 172 g/mol. The maximum atomic E-state index is 10.6. The number of rotatable bonds is 6. The van der Waals surface area contributed by atoms with Crippen molar-refractivity contribution in [2.75, 3.05) is 6.61 Å². The summed E-state index contributed by atoms with van der Waals surface area (Å²) in [5.41, 5.74) is 0. The molecule has 0 aromatic rings. The first-order valence-corrected chi connectivity index (χ1v) is 4.23. The average Bonchev–Trinajstić information content (AvgIpc) is 2.03. The Morgan fingerprint density at radius 3 is 2.58 bits per heavy atom. The smallest absolute Gasteiger partial charge is 0.372 e. The molecule has 12 heavy (non-hydrogen) atoms. The van der Waals surface area contributed by atoms with E-state index < -0.39 is 11.7 Å². The van der Waals surface area contributed by atoms with E-state index in [4.69, 9.17) is 5.11 Å². The zero-order chi connectivity index (χ0) is 9.40. The summed E-state index contributed by atoms with van der Waals surface area (Å²) in [6, 6.07) is 0. The number of carbonyl (C=O) groups is 1. The molecule has 0 saturated carbocycles. The van der Waals surface area contributed by atoms with Crippen LogP contribution in [-0.4, -0.2) is 17.7 Å². The van der Waals surface area contributed by atoms with E-state index in [-0.39, 0.29) is 0 Å². The van der Waals surface area contributed by atoms with Gasteiger partial charge in [0.1, 0.15) is 0 Å². The van der Waals surface area contributed by atoms with Crippen molar-refractivity contribution in [3.63, 3.8) is 0 Å². The predicted molar refractivity (Wildman–Crippen MR) is 46.9 cm³/mol. The van der Waals surface area contributed by atoms with Crippen LogP contribution in [-0.2, 0) is 9.53 Å². The van der Waals surface area contributed by atoms with Crippen LogP contribution < -0.4 is 0 Å². The van der Waals surface area contributed by atoms with Crippen LogP contribution in [0.2, 0.25) is 0 Å². The summed E-state index contributed by atoms with van der Waals surface area (Å²) in [6.45, 7) is 5.54. The molecule has 0 aromatic heterocycles. The molecule has 0 rings (SSSR count). The monoisotopic (exact) mass is 172 g/mol. The third-order valence-electron chi connectivity index (χ3n) is 1.47. The Bertz CT molecular complexity index is 152. The predicted octanol–water partition coefficient (Wildman–Crippen LogP) is 2.18. The SMILES string of the molecule is C=C(O)C(=O)OCCCCCC. The van der Waals surface area contributed by atoms with Crippen LogP contribution in [0.25, 0.3) is 0 Å². The van der Waals surface area contributed by atoms with Crippen molar-refractivity contribution >= 4 is 5.97 Å². The highest BCUT2D eigenvalue weighted by atomic mass is 16.5. The lowest BCUT2D eigenvalue weighted by molar-refractivity contribution is -0.142. The third kappa shape index (κ3) is 5.77. The van der Waals surface area contributed by atoms with Crippen molar-refractivity contribution < 1.29 is 14.6 Å². The van der Waals surface area contributed by atoms with Crippen molar-refractivity contribution in [3.8, 4) is 0 Å². The van der Waals surface area contributed by atoms with Crippen LogP contribution in [0.4, 0.5) is 0 Å². The van der Waals surface area contributed by atoms with Crippen molar-refractivity contribution in [2.45, 2.75) is 32.6 Å². The van der Waals surface area contributed by atoms with E-state index in [2.05, 4.69) is 18.2 Å². The number of hydrogen-bond donors (Lipinski definition) is 1. The van der Waals surface area contributed by atoms with Crippen LogP contribution in [0.15, 0.2) is 12.3 Å². The lowest BCUT2D eigenvalue weighted by atomic mass is 10.2. The van der Waals surface area contributed by atoms with Gasteiger partial charge in [-0.25, -0.2) is 4.79 Å². The molecule has 3 heteroatoms. The second kappa shape index (κ2) is 6.70. The Morgan fingerprint density at radius 2 is 2.08 bits per heavy atom. The Hall–Kier alpha value is -0.990. The maximum absolute atomic E-state index is 10.6. The Balaban J connectivity index is 3.20. The minimum atomic E-state index is -0.716. The molecule has 0 aliphatic rings. The molecule has 0 saturated heterocycles. The van der Waals surface area contributed by atoms with Crippen LogP contribution in [0, 0.1) is 0 Å². The molecule has 0 aliphatic carbocycles. The van der Waals surface area contributed by atoms with Gasteiger partial charge in [0.2, 0.25) is 0 Å². The van der Waals surface area contributed by atoms with Crippen molar-refractivity contribution in [1.29, 1.82) is 0 Å². The van der Waals surface area contributed by atoms with E-state index in [9.17, 15) is 4.79 Å². The molecular formula is C9H16O3. The van der Waals surface area contributed by atoms with Crippen LogP contribution in [0.3, 0.4) is 0 Å². The first kappa shape index (κ1) is 11.0. The first-order chi connectivity index (χ1) is 5.68. The summed E-state index contributed by atoms with van der Waals surface area (Å²) >= 11 is 0. The number of hydrogen-bond acceptors (Lipinski definition) is 3. The lowest BCUT2D eigenvalue weighted by Gasteiger charge is -2.02. The summed E-state index contributed by atoms with van der Waals surface area (Å²) in [4.78, 5) is 10.6. The van der Waals surface area contributed by atoms with E-state index in [1.54, 1.807) is 0 Å². The zero-order valence-corrected chi connectivity index (χ0v) is 7.51.